The van der Waals surface area contributed by atoms with Gasteiger partial charge in [-0.3, -0.25) is 0 Å². The molecule has 2 aliphatic heterocycles. The molecule has 2 unspecified atom stereocenters. The highest BCUT2D eigenvalue weighted by atomic mass is 19.2. The Hall–Kier alpha value is -3.34. The number of hydrogen-bond acceptors (Lipinski definition) is 7. The number of rotatable bonds is 5. The Morgan fingerprint density at radius 3 is 2.67 bits per heavy atom. The highest BCUT2D eigenvalue weighted by Gasteiger charge is 2.43. The molecule has 2 bridgehead atoms. The van der Waals surface area contributed by atoms with Gasteiger partial charge in [0.2, 0.25) is 11.8 Å². The molecule has 2 fully saturated rings. The van der Waals surface area contributed by atoms with Crippen LogP contribution in [0.25, 0.3) is 0 Å². The number of benzene rings is 1. The van der Waals surface area contributed by atoms with E-state index in [0.717, 1.165) is 37.7 Å². The standard InChI is InChI=1S/C25H27F3N6O2/c1-35-19-11-16(7-8-29-19)33-12-14-3-4-15(13-33)22(14)30-25-31-24-23(36-10-2-9-34(24)32-25)17-5-6-18(26)21(28)20(17)27/h5-8,11,14-15,22-23H,2-4,9-10,12-13H2,1H3,(H,30,32)/t14-,15+,22?,23?. The Labute approximate surface area is 206 Å². The number of nitrogens with zero attached hydrogens (tertiary/aromatic N) is 5. The topological polar surface area (TPSA) is 77.3 Å². The number of piperidine rings is 1. The number of methoxy groups -OCH3 is 1. The van der Waals surface area contributed by atoms with Crippen molar-refractivity contribution in [3.8, 4) is 5.88 Å². The molecule has 8 nitrogen and oxygen atoms in total. The molecular weight excluding hydrogens is 473 g/mol. The fraction of sp³-hybridized carbons (Fsp3) is 0.480. The summed E-state index contributed by atoms with van der Waals surface area (Å²) < 4.78 is 54.9. The van der Waals surface area contributed by atoms with Crippen LogP contribution in [-0.2, 0) is 11.3 Å². The molecular formula is C25H27F3N6O2. The number of halogens is 3. The summed E-state index contributed by atoms with van der Waals surface area (Å²) in [5.41, 5.74) is 1.01. The van der Waals surface area contributed by atoms with Crippen molar-refractivity contribution in [3.63, 3.8) is 0 Å². The molecule has 4 heterocycles. The number of hydrogen-bond donors (Lipinski definition) is 1. The third-order valence-electron chi connectivity index (χ3n) is 7.50. The van der Waals surface area contributed by atoms with Crippen molar-refractivity contribution in [2.75, 3.05) is 37.0 Å². The highest BCUT2D eigenvalue weighted by molar-refractivity contribution is 5.49. The van der Waals surface area contributed by atoms with E-state index < -0.39 is 23.6 Å². The van der Waals surface area contributed by atoms with Crippen LogP contribution in [0.15, 0.2) is 30.5 Å². The average Bonchev–Trinajstić information content (AvgIpc) is 3.30. The van der Waals surface area contributed by atoms with E-state index in [9.17, 15) is 13.2 Å². The second-order valence-corrected chi connectivity index (χ2v) is 9.61. The van der Waals surface area contributed by atoms with Crippen LogP contribution in [0.4, 0.5) is 24.8 Å². The zero-order valence-electron chi connectivity index (χ0n) is 19.8. The maximum atomic E-state index is 14.6. The zero-order chi connectivity index (χ0) is 24.8. The van der Waals surface area contributed by atoms with Crippen LogP contribution in [0.3, 0.4) is 0 Å². The molecule has 0 amide bonds. The average molecular weight is 501 g/mol. The first-order valence-corrected chi connectivity index (χ1v) is 12.2. The van der Waals surface area contributed by atoms with Crippen molar-refractivity contribution < 1.29 is 22.6 Å². The maximum Gasteiger partial charge on any atom is 0.242 e. The van der Waals surface area contributed by atoms with Crippen LogP contribution in [0.1, 0.15) is 36.8 Å². The highest BCUT2D eigenvalue weighted by Crippen LogP contribution is 2.40. The van der Waals surface area contributed by atoms with Gasteiger partial charge in [-0.05, 0) is 49.3 Å². The van der Waals surface area contributed by atoms with Gasteiger partial charge in [-0.1, -0.05) is 0 Å². The normalized spacial score (nSPS) is 25.4. The fourth-order valence-corrected chi connectivity index (χ4v) is 5.76. The first kappa shape index (κ1) is 23.1. The van der Waals surface area contributed by atoms with Crippen molar-refractivity contribution in [1.29, 1.82) is 0 Å². The van der Waals surface area contributed by atoms with Crippen LogP contribution in [0, 0.1) is 29.3 Å². The number of pyridine rings is 1. The SMILES string of the molecule is COc1cc(N2C[C@H]3CC[C@@H](C2)C3Nc2nc3n(n2)CCCOC3c2ccc(F)c(F)c2F)ccn1. The fourth-order valence-electron chi connectivity index (χ4n) is 5.76. The van der Waals surface area contributed by atoms with Gasteiger partial charge < -0.3 is 19.7 Å². The molecule has 0 spiro atoms. The van der Waals surface area contributed by atoms with E-state index in [-0.39, 0.29) is 11.6 Å². The van der Waals surface area contributed by atoms with Crippen LogP contribution >= 0.6 is 0 Å². The lowest BCUT2D eigenvalue weighted by molar-refractivity contribution is 0.0780. The lowest BCUT2D eigenvalue weighted by Gasteiger charge is -2.39. The molecule has 1 aliphatic carbocycles. The number of fused-ring (bicyclic) bond motifs is 3. The number of ether oxygens (including phenoxy) is 2. The van der Waals surface area contributed by atoms with Gasteiger partial charge in [0.1, 0.15) is 6.10 Å². The number of nitrogens with one attached hydrogen (secondary N) is 1. The molecule has 190 valence electrons. The summed E-state index contributed by atoms with van der Waals surface area (Å²) in [7, 11) is 1.61. The molecule has 1 N–H and O–H groups in total. The van der Waals surface area contributed by atoms with Crippen molar-refractivity contribution in [2.45, 2.75) is 38.0 Å². The molecule has 3 aliphatic rings. The summed E-state index contributed by atoms with van der Waals surface area (Å²) in [6, 6.07) is 6.28. The van der Waals surface area contributed by atoms with Crippen LogP contribution in [0.2, 0.25) is 0 Å². The minimum atomic E-state index is -1.51. The molecule has 1 saturated heterocycles. The predicted octanol–water partition coefficient (Wildman–Crippen LogP) is 3.94. The van der Waals surface area contributed by atoms with Crippen molar-refractivity contribution in [1.82, 2.24) is 19.7 Å². The molecule has 2 aromatic heterocycles. The van der Waals surface area contributed by atoms with Crippen LogP contribution < -0.4 is 15.0 Å². The summed E-state index contributed by atoms with van der Waals surface area (Å²) in [4.78, 5) is 11.2. The first-order chi connectivity index (χ1) is 17.5. The lowest BCUT2D eigenvalue weighted by Crippen LogP contribution is -2.48. The quantitative estimate of drug-likeness (QED) is 0.532. The smallest absolute Gasteiger partial charge is 0.242 e. The van der Waals surface area contributed by atoms with Crippen molar-refractivity contribution in [3.05, 3.63) is 59.3 Å². The van der Waals surface area contributed by atoms with E-state index >= 15 is 0 Å². The minimum absolute atomic E-state index is 0.0860. The third-order valence-corrected chi connectivity index (χ3v) is 7.50. The van der Waals surface area contributed by atoms with E-state index in [2.05, 4.69) is 25.3 Å². The number of anilines is 2. The van der Waals surface area contributed by atoms with Gasteiger partial charge in [-0.25, -0.2) is 22.8 Å². The van der Waals surface area contributed by atoms with Gasteiger partial charge in [-0.2, -0.15) is 4.98 Å². The van der Waals surface area contributed by atoms with E-state index in [0.29, 0.717) is 49.1 Å². The van der Waals surface area contributed by atoms with Crippen molar-refractivity contribution in [2.24, 2.45) is 11.8 Å². The Morgan fingerprint density at radius 2 is 1.89 bits per heavy atom. The lowest BCUT2D eigenvalue weighted by atomic mass is 9.92. The summed E-state index contributed by atoms with van der Waals surface area (Å²) in [6.45, 7) is 2.65. The zero-order valence-corrected chi connectivity index (χ0v) is 19.8. The van der Waals surface area contributed by atoms with E-state index in [1.807, 2.05) is 12.1 Å². The molecule has 1 saturated carbocycles. The van der Waals surface area contributed by atoms with Gasteiger partial charge in [0, 0.05) is 55.8 Å². The largest absolute Gasteiger partial charge is 0.481 e. The van der Waals surface area contributed by atoms with Gasteiger partial charge in [0.15, 0.2) is 23.3 Å². The molecule has 36 heavy (non-hydrogen) atoms. The van der Waals surface area contributed by atoms with E-state index in [1.165, 1.54) is 6.07 Å². The molecule has 3 aromatic rings. The minimum Gasteiger partial charge on any atom is -0.481 e. The predicted molar refractivity (Wildman–Crippen MR) is 125 cm³/mol. The Bertz CT molecular complexity index is 1260. The third kappa shape index (κ3) is 4.04. The number of aromatic nitrogens is 4. The Balaban J connectivity index is 1.23. The first-order valence-electron chi connectivity index (χ1n) is 12.2. The van der Waals surface area contributed by atoms with E-state index in [4.69, 9.17) is 9.47 Å². The molecule has 4 atom stereocenters. The number of aryl methyl sites for hydroxylation is 1. The Morgan fingerprint density at radius 1 is 1.08 bits per heavy atom. The molecule has 1 aromatic carbocycles. The van der Waals surface area contributed by atoms with Gasteiger partial charge in [-0.15, -0.1) is 5.10 Å². The summed E-state index contributed by atoms with van der Waals surface area (Å²) in [5, 5.41) is 8.16. The Kier molecular flexibility index (Phi) is 5.94. The second kappa shape index (κ2) is 9.27. The van der Waals surface area contributed by atoms with Crippen LogP contribution in [-0.4, -0.2) is 52.6 Å². The monoisotopic (exact) mass is 500 g/mol. The van der Waals surface area contributed by atoms with Gasteiger partial charge in [0.05, 0.1) is 7.11 Å². The molecule has 6 rings (SSSR count). The summed E-state index contributed by atoms with van der Waals surface area (Å²) in [6.07, 6.45) is 3.64. The van der Waals surface area contributed by atoms with E-state index in [1.54, 1.807) is 18.0 Å². The summed E-state index contributed by atoms with van der Waals surface area (Å²) in [5.74, 6) is -1.77. The van der Waals surface area contributed by atoms with Crippen LogP contribution in [0.5, 0.6) is 5.88 Å². The summed E-state index contributed by atoms with van der Waals surface area (Å²) >= 11 is 0. The van der Waals surface area contributed by atoms with Gasteiger partial charge in [0.25, 0.3) is 0 Å². The molecule has 0 radical (unpaired) electrons. The second-order valence-electron chi connectivity index (χ2n) is 9.61. The molecule has 11 heteroatoms. The maximum absolute atomic E-state index is 14.6. The van der Waals surface area contributed by atoms with Crippen molar-refractivity contribution >= 4 is 11.6 Å². The van der Waals surface area contributed by atoms with Gasteiger partial charge >= 0.3 is 0 Å².